The highest BCUT2D eigenvalue weighted by Gasteiger charge is 2.46. The standard InChI is InChI=1S/C22H20F4N4O4S/c1-2-35(32,33)16-9-13(21(11-27)6-7-21)10-28-18(16)30-8-5-15-14(19(30)31)3-4-17(29-15)34-12-22(25,26)20(23)24/h3-4,9-10,20H,2,5-8,12H2,1H3. The summed E-state index contributed by atoms with van der Waals surface area (Å²) >= 11 is 0. The number of alkyl halides is 4. The smallest absolute Gasteiger partial charge is 0.340 e. The van der Waals surface area contributed by atoms with Gasteiger partial charge in [0.05, 0.1) is 28.5 Å². The molecule has 0 bridgehead atoms. The lowest BCUT2D eigenvalue weighted by Crippen LogP contribution is -2.39. The first-order valence-corrected chi connectivity index (χ1v) is 12.3. The molecule has 2 aliphatic rings. The molecular weight excluding hydrogens is 492 g/mol. The number of hydrogen-bond acceptors (Lipinski definition) is 7. The molecule has 1 saturated carbocycles. The molecule has 1 aliphatic heterocycles. The summed E-state index contributed by atoms with van der Waals surface area (Å²) in [5, 5.41) is 9.47. The van der Waals surface area contributed by atoms with E-state index in [0.717, 1.165) is 6.07 Å². The van der Waals surface area contributed by atoms with Gasteiger partial charge in [0.25, 0.3) is 5.91 Å². The summed E-state index contributed by atoms with van der Waals surface area (Å²) in [6, 6.07) is 5.95. The molecular formula is C22H20F4N4O4S. The topological polar surface area (TPSA) is 113 Å². The Balaban J connectivity index is 1.64. The zero-order chi connectivity index (χ0) is 25.6. The van der Waals surface area contributed by atoms with Crippen LogP contribution in [0, 0.1) is 11.3 Å². The summed E-state index contributed by atoms with van der Waals surface area (Å²) in [5.74, 6) is -5.62. The van der Waals surface area contributed by atoms with E-state index in [4.69, 9.17) is 4.74 Å². The van der Waals surface area contributed by atoms with Crippen LogP contribution in [-0.2, 0) is 21.7 Å². The van der Waals surface area contributed by atoms with Gasteiger partial charge in [-0.05, 0) is 30.5 Å². The largest absolute Gasteiger partial charge is 0.471 e. The summed E-state index contributed by atoms with van der Waals surface area (Å²) in [6.45, 7) is -0.133. The average molecular weight is 512 g/mol. The highest BCUT2D eigenvalue weighted by molar-refractivity contribution is 7.91. The van der Waals surface area contributed by atoms with E-state index in [1.54, 1.807) is 0 Å². The van der Waals surface area contributed by atoms with Crippen molar-refractivity contribution in [1.29, 1.82) is 5.26 Å². The van der Waals surface area contributed by atoms with Crippen molar-refractivity contribution < 1.29 is 35.5 Å². The number of carbonyl (C=O) groups is 1. The van der Waals surface area contributed by atoms with Crippen LogP contribution in [0.15, 0.2) is 29.3 Å². The minimum atomic E-state index is -4.35. The number of amides is 1. The molecule has 2 aromatic heterocycles. The molecule has 0 atom stereocenters. The molecule has 0 N–H and O–H groups in total. The molecule has 1 fully saturated rings. The Labute approximate surface area is 198 Å². The Kier molecular flexibility index (Phi) is 6.21. The number of pyridine rings is 2. The summed E-state index contributed by atoms with van der Waals surface area (Å²) in [6.07, 6.45) is -1.20. The SMILES string of the molecule is CCS(=O)(=O)c1cc(C2(C#N)CC2)cnc1N1CCc2nc(OCC(F)(F)C(F)F)ccc2C1=O. The maximum atomic E-state index is 13.2. The van der Waals surface area contributed by atoms with E-state index in [-0.39, 0.29) is 46.6 Å². The van der Waals surface area contributed by atoms with Gasteiger partial charge in [0, 0.05) is 25.2 Å². The molecule has 1 aliphatic carbocycles. The van der Waals surface area contributed by atoms with Crippen molar-refractivity contribution in [3.8, 4) is 11.9 Å². The molecule has 35 heavy (non-hydrogen) atoms. The van der Waals surface area contributed by atoms with Gasteiger partial charge >= 0.3 is 12.3 Å². The predicted octanol–water partition coefficient (Wildman–Crippen LogP) is 3.31. The molecule has 13 heteroatoms. The molecule has 2 aromatic rings. The Morgan fingerprint density at radius 2 is 2.03 bits per heavy atom. The molecule has 8 nitrogen and oxygen atoms in total. The van der Waals surface area contributed by atoms with E-state index in [1.807, 2.05) is 0 Å². The van der Waals surface area contributed by atoms with Gasteiger partial charge in [0.1, 0.15) is 4.90 Å². The quantitative estimate of drug-likeness (QED) is 0.499. The fourth-order valence-corrected chi connectivity index (χ4v) is 4.78. The molecule has 1 amide bonds. The monoisotopic (exact) mass is 512 g/mol. The Hall–Kier alpha value is -3.27. The van der Waals surface area contributed by atoms with Gasteiger partial charge < -0.3 is 4.74 Å². The van der Waals surface area contributed by atoms with Gasteiger partial charge in [-0.3, -0.25) is 9.69 Å². The maximum absolute atomic E-state index is 13.2. The lowest BCUT2D eigenvalue weighted by atomic mass is 9.99. The van der Waals surface area contributed by atoms with E-state index in [0.29, 0.717) is 18.4 Å². The number of nitriles is 1. The van der Waals surface area contributed by atoms with Crippen molar-refractivity contribution in [3.05, 3.63) is 41.2 Å². The number of fused-ring (bicyclic) bond motifs is 1. The summed E-state index contributed by atoms with van der Waals surface area (Å²) in [4.78, 5) is 22.5. The van der Waals surface area contributed by atoms with Crippen LogP contribution in [0.25, 0.3) is 0 Å². The number of aromatic nitrogens is 2. The van der Waals surface area contributed by atoms with Gasteiger partial charge in [0.15, 0.2) is 22.3 Å². The summed E-state index contributed by atoms with van der Waals surface area (Å²) in [5.41, 5.74) is -0.0267. The van der Waals surface area contributed by atoms with Gasteiger partial charge in [-0.25, -0.2) is 27.2 Å². The van der Waals surface area contributed by atoms with Crippen LogP contribution in [0.2, 0.25) is 0 Å². The number of sulfone groups is 1. The van der Waals surface area contributed by atoms with Gasteiger partial charge in [-0.15, -0.1) is 0 Å². The Morgan fingerprint density at radius 3 is 2.63 bits per heavy atom. The number of hydrogen-bond donors (Lipinski definition) is 0. The average Bonchev–Trinajstić information content (AvgIpc) is 3.64. The van der Waals surface area contributed by atoms with Crippen molar-refractivity contribution in [2.45, 2.75) is 48.8 Å². The lowest BCUT2D eigenvalue weighted by molar-refractivity contribution is -0.148. The third-order valence-electron chi connectivity index (χ3n) is 6.05. The third-order valence-corrected chi connectivity index (χ3v) is 7.78. The first-order chi connectivity index (χ1) is 16.4. The molecule has 186 valence electrons. The molecule has 0 aromatic carbocycles. The van der Waals surface area contributed by atoms with Crippen molar-refractivity contribution >= 4 is 21.6 Å². The lowest BCUT2D eigenvalue weighted by Gasteiger charge is -2.29. The molecule has 4 rings (SSSR count). The Morgan fingerprint density at radius 1 is 1.31 bits per heavy atom. The predicted molar refractivity (Wildman–Crippen MR) is 115 cm³/mol. The third kappa shape index (κ3) is 4.54. The van der Waals surface area contributed by atoms with Crippen molar-refractivity contribution in [2.24, 2.45) is 0 Å². The van der Waals surface area contributed by atoms with Crippen LogP contribution >= 0.6 is 0 Å². The van der Waals surface area contributed by atoms with Crippen LogP contribution in [0.1, 0.15) is 41.4 Å². The van der Waals surface area contributed by atoms with Crippen LogP contribution in [0.3, 0.4) is 0 Å². The van der Waals surface area contributed by atoms with Crippen molar-refractivity contribution in [1.82, 2.24) is 9.97 Å². The molecule has 0 unspecified atom stereocenters. The first kappa shape index (κ1) is 24.8. The number of carbonyl (C=O) groups excluding carboxylic acids is 1. The second-order valence-corrected chi connectivity index (χ2v) is 10.6. The molecule has 3 heterocycles. The summed E-state index contributed by atoms with van der Waals surface area (Å²) in [7, 11) is -3.81. The van der Waals surface area contributed by atoms with E-state index in [9.17, 15) is 36.0 Å². The van der Waals surface area contributed by atoms with Crippen molar-refractivity contribution in [3.63, 3.8) is 0 Å². The highest BCUT2D eigenvalue weighted by atomic mass is 32.2. The second-order valence-electron chi connectivity index (χ2n) is 8.34. The first-order valence-electron chi connectivity index (χ1n) is 10.7. The van der Waals surface area contributed by atoms with E-state index >= 15 is 0 Å². The normalized spacial score (nSPS) is 17.2. The Bertz CT molecular complexity index is 1320. The number of ether oxygens (including phenoxy) is 1. The van der Waals surface area contributed by atoms with E-state index in [1.165, 1.54) is 30.2 Å². The maximum Gasteiger partial charge on any atom is 0.340 e. The van der Waals surface area contributed by atoms with Crippen LogP contribution in [0.4, 0.5) is 23.4 Å². The molecule has 0 saturated heterocycles. The summed E-state index contributed by atoms with van der Waals surface area (Å²) < 4.78 is 81.3. The fraction of sp³-hybridized carbons (Fsp3) is 0.455. The van der Waals surface area contributed by atoms with Crippen LogP contribution in [0.5, 0.6) is 5.88 Å². The zero-order valence-electron chi connectivity index (χ0n) is 18.5. The second kappa shape index (κ2) is 8.75. The van der Waals surface area contributed by atoms with Crippen molar-refractivity contribution in [2.75, 3.05) is 23.8 Å². The zero-order valence-corrected chi connectivity index (χ0v) is 19.3. The number of rotatable bonds is 8. The highest BCUT2D eigenvalue weighted by Crippen LogP contribution is 2.48. The van der Waals surface area contributed by atoms with Gasteiger partial charge in [0.2, 0.25) is 5.88 Å². The number of anilines is 1. The number of halogens is 4. The fourth-order valence-electron chi connectivity index (χ4n) is 3.72. The van der Waals surface area contributed by atoms with Gasteiger partial charge in [-0.2, -0.15) is 14.0 Å². The van der Waals surface area contributed by atoms with Crippen LogP contribution in [-0.4, -0.2) is 55.5 Å². The molecule has 0 spiro atoms. The van der Waals surface area contributed by atoms with E-state index in [2.05, 4.69) is 16.0 Å². The number of nitrogens with zero attached hydrogens (tertiary/aromatic N) is 4. The molecule has 0 radical (unpaired) electrons. The van der Waals surface area contributed by atoms with E-state index < -0.39 is 40.1 Å². The minimum Gasteiger partial charge on any atom is -0.471 e. The van der Waals surface area contributed by atoms with Crippen LogP contribution < -0.4 is 9.64 Å². The van der Waals surface area contributed by atoms with Gasteiger partial charge in [-0.1, -0.05) is 6.92 Å². The minimum absolute atomic E-state index is 0.0164.